The highest BCUT2D eigenvalue weighted by Gasteiger charge is 2.30. The fourth-order valence-electron chi connectivity index (χ4n) is 1.92. The van der Waals surface area contributed by atoms with Crippen LogP contribution in [0, 0.1) is 0 Å². The molecule has 0 saturated heterocycles. The Balaban J connectivity index is 2.02. The molecule has 118 valence electrons. The molecule has 22 heavy (non-hydrogen) atoms. The Morgan fingerprint density at radius 3 is 2.73 bits per heavy atom. The van der Waals surface area contributed by atoms with Crippen molar-refractivity contribution in [1.82, 2.24) is 15.1 Å². The standard InChI is InChI=1S/C14H14F3N3O2/c1-20-11(5-6-19-20)13(22)18-8-12(21)9-3-2-4-10(7-9)14(15,16)17/h2-7,12,21H,8H2,1H3,(H,18,22). The third-order valence-corrected chi connectivity index (χ3v) is 3.11. The number of nitrogens with zero attached hydrogens (tertiary/aromatic N) is 2. The number of aryl methyl sites for hydroxylation is 1. The van der Waals surface area contributed by atoms with Crippen LogP contribution in [0.5, 0.6) is 0 Å². The van der Waals surface area contributed by atoms with Crippen molar-refractivity contribution in [1.29, 1.82) is 0 Å². The molecule has 0 radical (unpaired) electrons. The van der Waals surface area contributed by atoms with Crippen LogP contribution in [0.15, 0.2) is 36.5 Å². The van der Waals surface area contributed by atoms with Gasteiger partial charge in [0.05, 0.1) is 11.7 Å². The number of hydrogen-bond donors (Lipinski definition) is 2. The topological polar surface area (TPSA) is 67.2 Å². The Bertz CT molecular complexity index is 667. The van der Waals surface area contributed by atoms with Crippen LogP contribution < -0.4 is 5.32 Å². The molecule has 0 saturated carbocycles. The van der Waals surface area contributed by atoms with Gasteiger partial charge in [-0.15, -0.1) is 0 Å². The Labute approximate surface area is 124 Å². The van der Waals surface area contributed by atoms with Crippen molar-refractivity contribution in [3.63, 3.8) is 0 Å². The maximum absolute atomic E-state index is 12.6. The minimum atomic E-state index is -4.48. The van der Waals surface area contributed by atoms with Crippen LogP contribution >= 0.6 is 0 Å². The number of benzene rings is 1. The summed E-state index contributed by atoms with van der Waals surface area (Å²) in [6.07, 6.45) is -4.27. The molecule has 0 spiro atoms. The number of hydrogen-bond acceptors (Lipinski definition) is 3. The first-order chi connectivity index (χ1) is 10.3. The molecule has 8 heteroatoms. The summed E-state index contributed by atoms with van der Waals surface area (Å²) in [5.41, 5.74) is -0.474. The summed E-state index contributed by atoms with van der Waals surface area (Å²) in [5.74, 6) is -0.467. The predicted molar refractivity (Wildman–Crippen MR) is 71.9 cm³/mol. The molecule has 1 amide bonds. The van der Waals surface area contributed by atoms with E-state index in [4.69, 9.17) is 0 Å². The lowest BCUT2D eigenvalue weighted by Crippen LogP contribution is -2.30. The van der Waals surface area contributed by atoms with Crippen LogP contribution in [0.2, 0.25) is 0 Å². The number of amides is 1. The van der Waals surface area contributed by atoms with Crippen LogP contribution in [0.1, 0.15) is 27.7 Å². The Kier molecular flexibility index (Phi) is 4.51. The molecule has 5 nitrogen and oxygen atoms in total. The molecule has 0 aliphatic carbocycles. The normalized spacial score (nSPS) is 13.0. The largest absolute Gasteiger partial charge is 0.416 e. The van der Waals surface area contributed by atoms with Crippen molar-refractivity contribution in [3.05, 3.63) is 53.3 Å². The number of aliphatic hydroxyl groups is 1. The molecule has 0 fully saturated rings. The van der Waals surface area contributed by atoms with Gasteiger partial charge in [-0.05, 0) is 23.8 Å². The number of rotatable bonds is 4. The number of carbonyl (C=O) groups is 1. The zero-order valence-corrected chi connectivity index (χ0v) is 11.6. The van der Waals surface area contributed by atoms with Gasteiger partial charge in [-0.25, -0.2) is 0 Å². The Morgan fingerprint density at radius 1 is 1.41 bits per heavy atom. The summed E-state index contributed by atoms with van der Waals surface area (Å²) in [7, 11) is 1.58. The van der Waals surface area contributed by atoms with Crippen molar-refractivity contribution in [2.75, 3.05) is 6.54 Å². The summed E-state index contributed by atoms with van der Waals surface area (Å²) in [5, 5.41) is 16.2. The van der Waals surface area contributed by atoms with Gasteiger partial charge in [-0.1, -0.05) is 12.1 Å². The molecule has 1 aromatic carbocycles. The van der Waals surface area contributed by atoms with E-state index >= 15 is 0 Å². The van der Waals surface area contributed by atoms with Crippen molar-refractivity contribution in [3.8, 4) is 0 Å². The molecule has 1 unspecified atom stereocenters. The fourth-order valence-corrected chi connectivity index (χ4v) is 1.92. The first-order valence-electron chi connectivity index (χ1n) is 6.40. The molecule has 2 rings (SSSR count). The van der Waals surface area contributed by atoms with Gasteiger partial charge < -0.3 is 10.4 Å². The summed E-state index contributed by atoms with van der Waals surface area (Å²) < 4.78 is 39.2. The van der Waals surface area contributed by atoms with Crippen LogP contribution in [-0.4, -0.2) is 27.3 Å². The average molecular weight is 313 g/mol. The van der Waals surface area contributed by atoms with E-state index in [1.807, 2.05) is 0 Å². The second kappa shape index (κ2) is 6.18. The highest BCUT2D eigenvalue weighted by molar-refractivity contribution is 5.92. The molecule has 0 bridgehead atoms. The summed E-state index contributed by atoms with van der Waals surface area (Å²) >= 11 is 0. The lowest BCUT2D eigenvalue weighted by atomic mass is 10.1. The van der Waals surface area contributed by atoms with E-state index in [0.29, 0.717) is 0 Å². The van der Waals surface area contributed by atoms with Gasteiger partial charge in [-0.2, -0.15) is 18.3 Å². The number of carbonyl (C=O) groups excluding carboxylic acids is 1. The number of nitrogens with one attached hydrogen (secondary N) is 1. The van der Waals surface area contributed by atoms with Crippen LogP contribution in [0.25, 0.3) is 0 Å². The molecule has 2 aromatic rings. The molecule has 0 aliphatic rings. The van der Waals surface area contributed by atoms with Gasteiger partial charge in [-0.3, -0.25) is 9.48 Å². The Morgan fingerprint density at radius 2 is 2.14 bits per heavy atom. The fraction of sp³-hybridized carbons (Fsp3) is 0.286. The van der Waals surface area contributed by atoms with Crippen LogP contribution in [-0.2, 0) is 13.2 Å². The maximum Gasteiger partial charge on any atom is 0.416 e. The molecule has 1 aromatic heterocycles. The lowest BCUT2D eigenvalue weighted by Gasteiger charge is -2.14. The molecular weight excluding hydrogens is 299 g/mol. The number of alkyl halides is 3. The average Bonchev–Trinajstić information content (AvgIpc) is 2.90. The van der Waals surface area contributed by atoms with Crippen LogP contribution in [0.3, 0.4) is 0 Å². The zero-order chi connectivity index (χ0) is 16.3. The lowest BCUT2D eigenvalue weighted by molar-refractivity contribution is -0.137. The highest BCUT2D eigenvalue weighted by atomic mass is 19.4. The summed E-state index contributed by atoms with van der Waals surface area (Å²) in [6, 6.07) is 5.86. The van der Waals surface area contributed by atoms with E-state index in [2.05, 4.69) is 10.4 Å². The van der Waals surface area contributed by atoms with E-state index in [1.165, 1.54) is 29.1 Å². The predicted octanol–water partition coefficient (Wildman–Crippen LogP) is 1.90. The van der Waals surface area contributed by atoms with Gasteiger partial charge in [0, 0.05) is 19.8 Å². The van der Waals surface area contributed by atoms with E-state index in [9.17, 15) is 23.1 Å². The number of aromatic nitrogens is 2. The van der Waals surface area contributed by atoms with Gasteiger partial charge in [0.25, 0.3) is 5.91 Å². The minimum Gasteiger partial charge on any atom is -0.387 e. The Hall–Kier alpha value is -2.35. The van der Waals surface area contributed by atoms with E-state index < -0.39 is 23.8 Å². The van der Waals surface area contributed by atoms with E-state index in [1.54, 1.807) is 7.05 Å². The molecule has 1 atom stereocenters. The molecule has 0 aliphatic heterocycles. The third kappa shape index (κ3) is 3.64. The highest BCUT2D eigenvalue weighted by Crippen LogP contribution is 2.30. The van der Waals surface area contributed by atoms with E-state index in [-0.39, 0.29) is 17.8 Å². The van der Waals surface area contributed by atoms with Crippen molar-refractivity contribution >= 4 is 5.91 Å². The van der Waals surface area contributed by atoms with E-state index in [0.717, 1.165) is 12.1 Å². The van der Waals surface area contributed by atoms with Crippen molar-refractivity contribution < 1.29 is 23.1 Å². The minimum absolute atomic E-state index is 0.0835. The molecule has 1 heterocycles. The summed E-state index contributed by atoms with van der Waals surface area (Å²) in [4.78, 5) is 11.8. The quantitative estimate of drug-likeness (QED) is 0.906. The first-order valence-corrected chi connectivity index (χ1v) is 6.40. The van der Waals surface area contributed by atoms with Gasteiger partial charge in [0.15, 0.2) is 0 Å². The molecule has 2 N–H and O–H groups in total. The van der Waals surface area contributed by atoms with Crippen LogP contribution in [0.4, 0.5) is 13.2 Å². The second-order valence-corrected chi connectivity index (χ2v) is 4.69. The smallest absolute Gasteiger partial charge is 0.387 e. The second-order valence-electron chi connectivity index (χ2n) is 4.69. The molecular formula is C14H14F3N3O2. The zero-order valence-electron chi connectivity index (χ0n) is 11.6. The third-order valence-electron chi connectivity index (χ3n) is 3.11. The first kappa shape index (κ1) is 16.0. The maximum atomic E-state index is 12.6. The van der Waals surface area contributed by atoms with Crippen molar-refractivity contribution in [2.45, 2.75) is 12.3 Å². The van der Waals surface area contributed by atoms with Gasteiger partial charge >= 0.3 is 6.18 Å². The number of aliphatic hydroxyl groups excluding tert-OH is 1. The van der Waals surface area contributed by atoms with Gasteiger partial charge in [0.2, 0.25) is 0 Å². The monoisotopic (exact) mass is 313 g/mol. The SMILES string of the molecule is Cn1nccc1C(=O)NCC(O)c1cccc(C(F)(F)F)c1. The van der Waals surface area contributed by atoms with Crippen molar-refractivity contribution in [2.24, 2.45) is 7.05 Å². The number of halogens is 3. The summed E-state index contributed by atoms with van der Waals surface area (Å²) in [6.45, 7) is -0.203. The van der Waals surface area contributed by atoms with Gasteiger partial charge in [0.1, 0.15) is 5.69 Å².